The summed E-state index contributed by atoms with van der Waals surface area (Å²) >= 11 is 0. The van der Waals surface area contributed by atoms with E-state index in [1.165, 1.54) is 36.9 Å². The van der Waals surface area contributed by atoms with Crippen molar-refractivity contribution in [1.82, 2.24) is 105 Å². The number of hydrogen-bond acceptors (Lipinski definition) is 26. The van der Waals surface area contributed by atoms with E-state index >= 15 is 0 Å². The zero-order valence-corrected chi connectivity index (χ0v) is 66.4. The molecule has 49 heteroatoms. The average Bonchev–Trinajstić information content (AvgIpc) is 1.65. The Morgan fingerprint density at radius 2 is 0.932 bits per heavy atom. The number of aromatic nitrogens is 4. The van der Waals surface area contributed by atoms with Crippen LogP contribution in [0.2, 0.25) is 0 Å². The molecule has 18 amide bonds. The van der Waals surface area contributed by atoms with Gasteiger partial charge in [-0.25, -0.2) is 19.6 Å². The number of nitrogens with one attached hydrogen (secondary N) is 17. The van der Waals surface area contributed by atoms with Gasteiger partial charge in [-0.05, 0) is 123 Å². The predicted octanol–water partition coefficient (Wildman–Crippen LogP) is -11.9. The lowest BCUT2D eigenvalue weighted by Crippen LogP contribution is -2.61. The molecule has 0 aliphatic carbocycles. The van der Waals surface area contributed by atoms with E-state index in [0.29, 0.717) is 18.5 Å². The maximum atomic E-state index is 14.6. The molecule has 660 valence electrons. The highest BCUT2D eigenvalue weighted by molar-refractivity contribution is 6.00. The third-order valence-electron chi connectivity index (χ3n) is 18.3. The lowest BCUT2D eigenvalue weighted by atomic mass is 10.0. The number of aliphatic hydroxyl groups excluding tert-OH is 3. The number of aliphatic hydroxyl groups is 3. The summed E-state index contributed by atoms with van der Waals surface area (Å²) in [4.78, 5) is 247. The van der Waals surface area contributed by atoms with Crippen molar-refractivity contribution < 1.29 is 102 Å². The Balaban J connectivity index is 1.81. The molecule has 14 atom stereocenters. The van der Waals surface area contributed by atoms with Crippen LogP contribution in [0.25, 0.3) is 0 Å². The minimum atomic E-state index is -1.82. The number of hydrogen-bond donors (Lipinski definition) is 28. The number of likely N-dealkylation sites (tertiary alicyclic amines) is 1. The first kappa shape index (κ1) is 100. The molecule has 1 saturated heterocycles. The van der Waals surface area contributed by atoms with Gasteiger partial charge < -0.3 is 155 Å². The molecule has 3 heterocycles. The van der Waals surface area contributed by atoms with E-state index in [9.17, 15) is 96.8 Å². The molecule has 2 aromatic heterocycles. The molecule has 0 bridgehead atoms. The number of carbonyl (C=O) groups excluding carboxylic acids is 16. The van der Waals surface area contributed by atoms with Gasteiger partial charge in [0.05, 0.1) is 44.6 Å². The lowest BCUT2D eigenvalue weighted by molar-refractivity contribution is -0.143. The number of primary amides is 2. The minimum Gasteiger partial charge on any atom is -0.480 e. The summed E-state index contributed by atoms with van der Waals surface area (Å²) in [5.41, 5.74) is 39.7. The maximum Gasteiger partial charge on any atom is 0.322 e. The highest BCUT2D eigenvalue weighted by Crippen LogP contribution is 2.21. The van der Waals surface area contributed by atoms with E-state index in [1.54, 1.807) is 13.8 Å². The number of carbonyl (C=O) groups is 17. The van der Waals surface area contributed by atoms with Crippen molar-refractivity contribution in [2.45, 2.75) is 215 Å². The summed E-state index contributed by atoms with van der Waals surface area (Å²) < 4.78 is 0. The normalized spacial score (nSPS) is 15.7. The van der Waals surface area contributed by atoms with Gasteiger partial charge in [-0.2, -0.15) is 0 Å². The van der Waals surface area contributed by atoms with Gasteiger partial charge in [-0.15, -0.1) is 0 Å². The number of unbranched alkanes of at least 4 members (excludes halogenated alkanes) is 2. The second-order valence-electron chi connectivity index (χ2n) is 28.2. The van der Waals surface area contributed by atoms with Crippen molar-refractivity contribution in [3.05, 3.63) is 36.4 Å². The molecule has 3 rings (SSSR count). The van der Waals surface area contributed by atoms with E-state index in [2.05, 4.69) is 105 Å². The van der Waals surface area contributed by atoms with E-state index < -0.39 is 218 Å². The number of imidazole rings is 2. The second-order valence-corrected chi connectivity index (χ2v) is 28.2. The molecule has 0 spiro atoms. The first-order valence-electron chi connectivity index (χ1n) is 38.5. The summed E-state index contributed by atoms with van der Waals surface area (Å²) in [6, 6.07) is -21.3. The molecule has 118 heavy (non-hydrogen) atoms. The van der Waals surface area contributed by atoms with Gasteiger partial charge in [0.1, 0.15) is 79.0 Å². The molecule has 1 aliphatic rings. The molecule has 2 aromatic rings. The van der Waals surface area contributed by atoms with Crippen LogP contribution in [0.5, 0.6) is 0 Å². The number of aliphatic imine (C=N–C) groups is 1. The number of aromatic amines is 2. The van der Waals surface area contributed by atoms with Gasteiger partial charge in [-0.1, -0.05) is 13.8 Å². The molecule has 0 saturated carbocycles. The van der Waals surface area contributed by atoms with Crippen LogP contribution in [0, 0.1) is 5.92 Å². The fraction of sp³-hybridized carbons (Fsp3) is 0.652. The highest BCUT2D eigenvalue weighted by Gasteiger charge is 2.42. The Kier molecular flexibility index (Phi) is 45.3. The zero-order valence-electron chi connectivity index (χ0n) is 66.4. The van der Waals surface area contributed by atoms with E-state index in [-0.39, 0.29) is 141 Å². The number of aliphatic carboxylic acids is 1. The third kappa shape index (κ3) is 36.9. The van der Waals surface area contributed by atoms with Crippen LogP contribution >= 0.6 is 0 Å². The number of nitrogens with two attached hydrogens (primary N) is 7. The SMILES string of the molecule is CC(C)[C@H](NC(=O)[C@@H]1CCCN1C(=O)[C@H](CCCN=C(N)N)NC(=O)[C@H](CO)NC(=O)[C@H](CCCCN)NC(=O)[C@H](C)NC(=O)[C@H](Cc1cnc[nH]1)NC(=O)CNC(=O)[C@H](CCCNC(N)=O)NC(=O)[C@H](CCCCN)NC(=O)[C@@H](NC(=O)[C@H](CO)NC(=O)[C@@H](N)Cc1cnc[nH]1)[C@@H](C)O)C(=O)N[C@@H](CCCNC(N)=O)C(=O)NCC(=O)O. The van der Waals surface area contributed by atoms with Gasteiger partial charge in [0.15, 0.2) is 5.96 Å². The van der Waals surface area contributed by atoms with Gasteiger partial charge in [0.25, 0.3) is 0 Å². The summed E-state index contributed by atoms with van der Waals surface area (Å²) in [6.45, 7) is 1.91. The van der Waals surface area contributed by atoms with Crippen molar-refractivity contribution >= 4 is 107 Å². The molecule has 1 fully saturated rings. The third-order valence-corrected chi connectivity index (χ3v) is 18.3. The van der Waals surface area contributed by atoms with Gasteiger partial charge in [-0.3, -0.25) is 76.9 Å². The molecule has 49 nitrogen and oxygen atoms in total. The standard InChI is InChI=1S/C69H118N28O21/c1-35(2)52(64(114)90-42(16-10-23-81-69(76)118)57(107)83-30-51(102)103)95-63(113)49-18-12-24-97(49)66(116)45(17-11-21-79-67(73)74)92-61(111)47(31-98)94-59(109)43(13-5-7-19-70)88-54(104)36(3)86-60(110)46(26-39-28-78-34-85-39)87-50(101)29-82-56(106)41(15-9-22-80-68(75)117)89-58(108)44(14-6-8-20-71)91-65(115)53(37(4)100)96-62(112)48(32-99)93-55(105)40(72)25-38-27-77-33-84-38/h27-28,33-37,40-49,52-53,98-100H,5-26,29-32,70-72H2,1-4H3,(H,77,84)(H,78,85)(H,82,106)(H,83,107)(H,86,110)(H,87,101)(H,88,104)(H,89,108)(H,90,114)(H,91,115)(H,92,111)(H,93,105)(H,94,109)(H,95,113)(H,96,112)(H,102,103)(H4,73,74,79)(H3,75,80,117)(H3,76,81,118)/t36-,37+,40-,41-,42-,43-,44-,45-,46-,47-,48-,49-,52-,53-/m0/s1. The van der Waals surface area contributed by atoms with Crippen LogP contribution in [-0.4, -0.2) is 302 Å². The van der Waals surface area contributed by atoms with Crippen LogP contribution in [0.3, 0.4) is 0 Å². The van der Waals surface area contributed by atoms with Crippen LogP contribution in [0.4, 0.5) is 9.59 Å². The van der Waals surface area contributed by atoms with Crippen LogP contribution in [0.15, 0.2) is 30.0 Å². The number of rotatable bonds is 56. The van der Waals surface area contributed by atoms with Crippen LogP contribution in [-0.2, 0) is 84.8 Å². The smallest absolute Gasteiger partial charge is 0.322 e. The number of nitrogens with zero attached hydrogens (tertiary/aromatic N) is 4. The molecule has 0 radical (unpaired) electrons. The zero-order chi connectivity index (χ0) is 88.1. The average molecular weight is 1680 g/mol. The van der Waals surface area contributed by atoms with Gasteiger partial charge >= 0.3 is 18.0 Å². The lowest BCUT2D eigenvalue weighted by Gasteiger charge is -2.31. The fourth-order valence-corrected chi connectivity index (χ4v) is 11.9. The topological polar surface area (TPSA) is 807 Å². The molecule has 1 aliphatic heterocycles. The molecular weight excluding hydrogens is 1560 g/mol. The number of urea groups is 2. The predicted molar refractivity (Wildman–Crippen MR) is 418 cm³/mol. The Hall–Kier alpha value is -12.0. The molecule has 0 unspecified atom stereocenters. The van der Waals surface area contributed by atoms with Crippen molar-refractivity contribution in [3.8, 4) is 0 Å². The van der Waals surface area contributed by atoms with Crippen molar-refractivity contribution in [2.24, 2.45) is 51.0 Å². The number of amides is 18. The fourth-order valence-electron chi connectivity index (χ4n) is 11.9. The van der Waals surface area contributed by atoms with Crippen LogP contribution < -0.4 is 120 Å². The monoisotopic (exact) mass is 1670 g/mol. The Labute approximate surface area is 679 Å². The van der Waals surface area contributed by atoms with Gasteiger partial charge in [0, 0.05) is 62.8 Å². The highest BCUT2D eigenvalue weighted by atomic mass is 16.4. The first-order valence-corrected chi connectivity index (χ1v) is 38.5. The summed E-state index contributed by atoms with van der Waals surface area (Å²) in [5.74, 6) is -15.9. The number of guanidine groups is 1. The molecule has 0 aromatic carbocycles. The number of carboxylic acid groups (broad SMARTS) is 1. The Morgan fingerprint density at radius 3 is 1.42 bits per heavy atom. The summed E-state index contributed by atoms with van der Waals surface area (Å²) in [7, 11) is 0. The quantitative estimate of drug-likeness (QED) is 0.0166. The Morgan fingerprint density at radius 1 is 0.492 bits per heavy atom. The van der Waals surface area contributed by atoms with Crippen molar-refractivity contribution in [2.75, 3.05) is 65.6 Å². The van der Waals surface area contributed by atoms with Crippen molar-refractivity contribution in [3.63, 3.8) is 0 Å². The van der Waals surface area contributed by atoms with E-state index in [0.717, 1.165) is 6.92 Å². The van der Waals surface area contributed by atoms with Crippen molar-refractivity contribution in [1.29, 1.82) is 0 Å². The van der Waals surface area contributed by atoms with E-state index in [1.807, 2.05) is 0 Å². The second kappa shape index (κ2) is 53.3. The number of carboxylic acids is 1. The first-order chi connectivity index (χ1) is 55.9. The van der Waals surface area contributed by atoms with Crippen LogP contribution in [0.1, 0.15) is 129 Å². The minimum absolute atomic E-state index is 0.00683. The molecule has 35 N–H and O–H groups in total. The van der Waals surface area contributed by atoms with E-state index in [4.69, 9.17) is 45.2 Å². The summed E-state index contributed by atoms with van der Waals surface area (Å²) in [5, 5.41) is 76.9. The Bertz CT molecular complexity index is 3660. The number of H-pyrrole nitrogens is 2. The molecular formula is C69H118N28O21. The maximum absolute atomic E-state index is 14.6. The van der Waals surface area contributed by atoms with Gasteiger partial charge in [0.2, 0.25) is 82.7 Å². The summed E-state index contributed by atoms with van der Waals surface area (Å²) in [6.07, 6.45) is 4.14. The largest absolute Gasteiger partial charge is 0.480 e.